The smallest absolute Gasteiger partial charge is 0.222 e. The van der Waals surface area contributed by atoms with E-state index >= 15 is 0 Å². The fraction of sp³-hybridized carbons (Fsp3) is 1.00. The maximum Gasteiger partial charge on any atom is 0.222 e. The lowest BCUT2D eigenvalue weighted by Gasteiger charge is -2.35. The monoisotopic (exact) mass is 279 g/mol. The molecule has 0 N–H and O–H groups in total. The molecule has 0 amide bonds. The highest BCUT2D eigenvalue weighted by atomic mass is 35.6. The molecule has 0 saturated carbocycles. The summed E-state index contributed by atoms with van der Waals surface area (Å²) in [7, 11) is -0.407. The Kier molecular flexibility index (Phi) is 10.1. The summed E-state index contributed by atoms with van der Waals surface area (Å²) in [6.45, 7) is 8.07. The summed E-state index contributed by atoms with van der Waals surface area (Å²) >= 11 is 6.98. The normalized spacial score (nSPS) is 12.6. The average Bonchev–Trinajstić information content (AvgIpc) is 2.30. The van der Waals surface area contributed by atoms with Crippen molar-refractivity contribution in [2.24, 2.45) is 0 Å². The second-order valence-electron chi connectivity index (χ2n) is 4.90. The quantitative estimate of drug-likeness (QED) is 0.436. The van der Waals surface area contributed by atoms with Crippen molar-refractivity contribution in [1.29, 1.82) is 0 Å². The molecule has 0 aromatic heterocycles. The SMILES string of the molecule is CCCCN([SiH3])[Si](Cl)(CCCC)CCCC. The van der Waals surface area contributed by atoms with Crippen LogP contribution in [0.15, 0.2) is 0 Å². The molecule has 0 spiro atoms. The first kappa shape index (κ1) is 16.7. The van der Waals surface area contributed by atoms with Crippen LogP contribution < -0.4 is 0 Å². The average molecular weight is 280 g/mol. The van der Waals surface area contributed by atoms with Crippen LogP contribution in [-0.2, 0) is 0 Å². The van der Waals surface area contributed by atoms with E-state index in [-0.39, 0.29) is 0 Å². The Morgan fingerprint density at radius 1 is 0.938 bits per heavy atom. The topological polar surface area (TPSA) is 3.24 Å². The Morgan fingerprint density at radius 3 is 1.75 bits per heavy atom. The molecule has 0 radical (unpaired) electrons. The van der Waals surface area contributed by atoms with Gasteiger partial charge in [-0.15, -0.1) is 11.1 Å². The molecular formula is C12H30ClNSi2. The van der Waals surface area contributed by atoms with E-state index in [4.69, 9.17) is 11.1 Å². The number of rotatable bonds is 10. The van der Waals surface area contributed by atoms with Crippen molar-refractivity contribution in [1.82, 2.24) is 4.23 Å². The van der Waals surface area contributed by atoms with Crippen molar-refractivity contribution in [2.45, 2.75) is 71.4 Å². The third-order valence-corrected chi connectivity index (χ3v) is 13.1. The predicted octanol–water partition coefficient (Wildman–Crippen LogP) is 3.65. The fourth-order valence-electron chi connectivity index (χ4n) is 2.00. The Morgan fingerprint density at radius 2 is 1.38 bits per heavy atom. The molecule has 0 heterocycles. The molecule has 1 nitrogen and oxygen atoms in total. The molecule has 0 aliphatic rings. The molecule has 0 rings (SSSR count). The zero-order valence-electron chi connectivity index (χ0n) is 11.7. The van der Waals surface area contributed by atoms with Crippen molar-refractivity contribution in [3.05, 3.63) is 0 Å². The van der Waals surface area contributed by atoms with E-state index < -0.39 is 7.55 Å². The van der Waals surface area contributed by atoms with Crippen LogP contribution in [0.25, 0.3) is 0 Å². The summed E-state index contributed by atoms with van der Waals surface area (Å²) in [6.07, 6.45) is 7.84. The van der Waals surface area contributed by atoms with Gasteiger partial charge in [0.2, 0.25) is 7.55 Å². The predicted molar refractivity (Wildman–Crippen MR) is 82.6 cm³/mol. The zero-order valence-corrected chi connectivity index (χ0v) is 15.4. The van der Waals surface area contributed by atoms with Crippen LogP contribution in [0.5, 0.6) is 0 Å². The molecular weight excluding hydrogens is 250 g/mol. The van der Waals surface area contributed by atoms with Crippen LogP contribution in [0, 0.1) is 0 Å². The van der Waals surface area contributed by atoms with Gasteiger partial charge in [0, 0.05) is 0 Å². The van der Waals surface area contributed by atoms with Crippen molar-refractivity contribution in [3.63, 3.8) is 0 Å². The van der Waals surface area contributed by atoms with E-state index in [2.05, 4.69) is 25.0 Å². The third kappa shape index (κ3) is 6.43. The molecule has 0 aromatic carbocycles. The highest BCUT2D eigenvalue weighted by Crippen LogP contribution is 2.28. The van der Waals surface area contributed by atoms with Crippen LogP contribution in [0.4, 0.5) is 0 Å². The van der Waals surface area contributed by atoms with Crippen molar-refractivity contribution >= 4 is 29.0 Å². The van der Waals surface area contributed by atoms with Crippen LogP contribution in [0.3, 0.4) is 0 Å². The van der Waals surface area contributed by atoms with Crippen LogP contribution in [0.1, 0.15) is 59.3 Å². The molecule has 0 saturated heterocycles. The van der Waals surface area contributed by atoms with E-state index in [1.165, 1.54) is 57.2 Å². The van der Waals surface area contributed by atoms with E-state index in [0.29, 0.717) is 0 Å². The van der Waals surface area contributed by atoms with Crippen LogP contribution >= 0.6 is 11.1 Å². The highest BCUT2D eigenvalue weighted by molar-refractivity contribution is 7.20. The van der Waals surface area contributed by atoms with Gasteiger partial charge < -0.3 is 4.23 Å². The van der Waals surface area contributed by atoms with E-state index in [1.807, 2.05) is 0 Å². The van der Waals surface area contributed by atoms with Crippen molar-refractivity contribution < 1.29 is 0 Å². The Bertz CT molecular complexity index is 159. The Balaban J connectivity index is 4.24. The molecule has 0 atom stereocenters. The minimum absolute atomic E-state index is 1.16. The van der Waals surface area contributed by atoms with Crippen molar-refractivity contribution in [3.8, 4) is 0 Å². The molecule has 0 fully saturated rings. The Labute approximate surface area is 111 Å². The fourth-order valence-corrected chi connectivity index (χ4v) is 8.07. The molecule has 0 aliphatic heterocycles. The van der Waals surface area contributed by atoms with Gasteiger partial charge in [0.05, 0.1) is 10.4 Å². The van der Waals surface area contributed by atoms with Crippen molar-refractivity contribution in [2.75, 3.05) is 6.54 Å². The van der Waals surface area contributed by atoms with Crippen LogP contribution in [-0.4, -0.2) is 28.7 Å². The largest absolute Gasteiger partial charge is 0.341 e. The lowest BCUT2D eigenvalue weighted by atomic mass is 10.3. The minimum Gasteiger partial charge on any atom is -0.341 e. The number of unbranched alkanes of at least 4 members (excludes halogenated alkanes) is 3. The van der Waals surface area contributed by atoms with E-state index in [1.54, 1.807) is 0 Å². The second-order valence-corrected chi connectivity index (χ2v) is 12.6. The summed E-state index contributed by atoms with van der Waals surface area (Å²) in [5, 5.41) is 0. The van der Waals surface area contributed by atoms with E-state index in [9.17, 15) is 0 Å². The summed E-state index contributed by atoms with van der Waals surface area (Å²) in [6, 6.07) is 2.61. The summed E-state index contributed by atoms with van der Waals surface area (Å²) in [5.41, 5.74) is 0. The third-order valence-electron chi connectivity index (χ3n) is 3.36. The standard InChI is InChI=1S/C12H30ClNSi2/c1-4-7-10-14(15)16(13,11-8-5-2)12-9-6-3/h4-12H2,1-3,15H3. The maximum absolute atomic E-state index is 6.98. The van der Waals surface area contributed by atoms with Gasteiger partial charge >= 0.3 is 0 Å². The zero-order chi connectivity index (χ0) is 12.4. The van der Waals surface area contributed by atoms with Gasteiger partial charge in [-0.25, -0.2) is 0 Å². The lowest BCUT2D eigenvalue weighted by Crippen LogP contribution is -2.48. The second kappa shape index (κ2) is 9.69. The number of hydrogen-bond acceptors (Lipinski definition) is 1. The number of hydrogen-bond donors (Lipinski definition) is 0. The van der Waals surface area contributed by atoms with Gasteiger partial charge in [-0.2, -0.15) is 0 Å². The molecule has 98 valence electrons. The van der Waals surface area contributed by atoms with Gasteiger partial charge in [-0.3, -0.25) is 0 Å². The van der Waals surface area contributed by atoms with Gasteiger partial charge in [0.15, 0.2) is 0 Å². The molecule has 0 bridgehead atoms. The minimum atomic E-state index is -1.56. The van der Waals surface area contributed by atoms with E-state index in [0.717, 1.165) is 10.4 Å². The molecule has 4 heteroatoms. The first-order valence-corrected chi connectivity index (χ1v) is 11.3. The van der Waals surface area contributed by atoms with Gasteiger partial charge in [0.25, 0.3) is 0 Å². The van der Waals surface area contributed by atoms with Gasteiger partial charge in [0.1, 0.15) is 0 Å². The summed E-state index contributed by atoms with van der Waals surface area (Å²) in [5.74, 6) is 0. The first-order valence-electron chi connectivity index (χ1n) is 7.00. The van der Waals surface area contributed by atoms with Gasteiger partial charge in [-0.05, 0) is 25.1 Å². The summed E-state index contributed by atoms with van der Waals surface area (Å²) in [4.78, 5) is 0. The summed E-state index contributed by atoms with van der Waals surface area (Å²) < 4.78 is 2.66. The maximum atomic E-state index is 6.98. The Hall–Kier alpha value is 0.684. The number of halogens is 1. The molecule has 0 aromatic rings. The lowest BCUT2D eigenvalue weighted by molar-refractivity contribution is 0.593. The first-order chi connectivity index (χ1) is 7.60. The number of nitrogens with zero attached hydrogens (tertiary/aromatic N) is 1. The molecule has 0 unspecified atom stereocenters. The van der Waals surface area contributed by atoms with Crippen LogP contribution in [0.2, 0.25) is 12.1 Å². The van der Waals surface area contributed by atoms with Gasteiger partial charge in [-0.1, -0.05) is 52.9 Å². The highest BCUT2D eigenvalue weighted by Gasteiger charge is 2.33. The molecule has 0 aliphatic carbocycles. The molecule has 16 heavy (non-hydrogen) atoms.